The van der Waals surface area contributed by atoms with Gasteiger partial charge >= 0.3 is 5.97 Å². The predicted molar refractivity (Wildman–Crippen MR) is 122 cm³/mol. The van der Waals surface area contributed by atoms with Gasteiger partial charge in [-0.25, -0.2) is 0 Å². The van der Waals surface area contributed by atoms with Crippen LogP contribution in [0.1, 0.15) is 53.9 Å². The fraction of sp³-hybridized carbons (Fsp3) is 0.800. The first kappa shape index (κ1) is 23.8. The molecule has 4 rings (SSSR count). The monoisotopic (exact) mass is 462 g/mol. The number of hydrogen-bond donors (Lipinski definition) is 1. The number of carbonyl (C=O) groups is 3. The second-order valence-corrected chi connectivity index (χ2v) is 16.8. The lowest BCUT2D eigenvalue weighted by molar-refractivity contribution is -0.196. The molecule has 0 amide bonds. The summed E-state index contributed by atoms with van der Waals surface area (Å²) in [5, 5.41) is 12.6. The van der Waals surface area contributed by atoms with Crippen LogP contribution in [0.2, 0.25) is 19.6 Å². The van der Waals surface area contributed by atoms with Crippen LogP contribution in [0, 0.1) is 35.0 Å². The minimum Gasteiger partial charge on any atom is -0.450 e. The van der Waals surface area contributed by atoms with Crippen LogP contribution in [-0.2, 0) is 23.5 Å². The van der Waals surface area contributed by atoms with Crippen molar-refractivity contribution in [1.82, 2.24) is 0 Å². The summed E-state index contributed by atoms with van der Waals surface area (Å²) in [5.41, 5.74) is -3.55. The lowest BCUT2D eigenvalue weighted by Crippen LogP contribution is -2.65. The van der Waals surface area contributed by atoms with Gasteiger partial charge in [0.15, 0.2) is 25.5 Å². The zero-order chi connectivity index (χ0) is 24.2. The normalized spacial score (nSPS) is 47.3. The minimum atomic E-state index is -2.19. The van der Waals surface area contributed by atoms with Gasteiger partial charge in [-0.2, -0.15) is 0 Å². The lowest BCUT2D eigenvalue weighted by atomic mass is 9.59. The Labute approximate surface area is 192 Å². The fourth-order valence-corrected chi connectivity index (χ4v) is 9.33. The summed E-state index contributed by atoms with van der Waals surface area (Å²) in [4.78, 5) is 39.5. The highest BCUT2D eigenvalue weighted by Crippen LogP contribution is 2.76. The van der Waals surface area contributed by atoms with Crippen molar-refractivity contribution in [3.05, 3.63) is 12.2 Å². The van der Waals surface area contributed by atoms with Crippen LogP contribution in [0.3, 0.4) is 0 Å². The topological polar surface area (TPSA) is 89.9 Å². The van der Waals surface area contributed by atoms with Crippen molar-refractivity contribution in [3.63, 3.8) is 0 Å². The molecule has 4 fully saturated rings. The summed E-state index contributed by atoms with van der Waals surface area (Å²) in [6, 6.07) is 0. The maximum Gasteiger partial charge on any atom is 0.303 e. The van der Waals surface area contributed by atoms with E-state index in [1.165, 1.54) is 6.92 Å². The molecule has 4 aliphatic carbocycles. The van der Waals surface area contributed by atoms with Crippen molar-refractivity contribution in [1.29, 1.82) is 0 Å². The standard InChI is InChI=1S/C25H38O6Si/c1-13-10-17-19-22(5,6)25(19,30-16(4)26)21(28)15(3)24(17,29)18-11-14(2)20(27)23(18,12-13)31-32(7,8)9/h14-15,17-19,29H,1,10-12H2,2-9H3/t14-,15+,17-,18+,19+,23+,24+,25+/m0/s1. The van der Waals surface area contributed by atoms with Crippen molar-refractivity contribution in [3.8, 4) is 0 Å². The largest absolute Gasteiger partial charge is 0.450 e. The van der Waals surface area contributed by atoms with E-state index < -0.39 is 48.3 Å². The molecule has 0 aromatic carbocycles. The van der Waals surface area contributed by atoms with Crippen LogP contribution < -0.4 is 0 Å². The zero-order valence-electron chi connectivity index (χ0n) is 20.7. The molecule has 0 radical (unpaired) electrons. The molecule has 7 heteroatoms. The third-order valence-electron chi connectivity index (χ3n) is 8.93. The van der Waals surface area contributed by atoms with Crippen LogP contribution in [-0.4, -0.2) is 47.8 Å². The van der Waals surface area contributed by atoms with Crippen LogP contribution in [0.4, 0.5) is 0 Å². The van der Waals surface area contributed by atoms with E-state index >= 15 is 0 Å². The predicted octanol–water partition coefficient (Wildman–Crippen LogP) is 3.68. The summed E-state index contributed by atoms with van der Waals surface area (Å²) in [6.07, 6.45) is 1.34. The SMILES string of the molecule is C=C1C[C@H]2[C@@H]3C(C)(C)[C@]3(OC(C)=O)C(=O)[C@@H](C)[C@]2(O)[C@@H]2C[C@H](C)C(=O)[C@@]2(O[Si](C)(C)C)C1. The van der Waals surface area contributed by atoms with Crippen molar-refractivity contribution in [2.75, 3.05) is 0 Å². The van der Waals surface area contributed by atoms with Gasteiger partial charge in [-0.3, -0.25) is 14.4 Å². The molecule has 8 atom stereocenters. The first-order chi connectivity index (χ1) is 14.5. The van der Waals surface area contributed by atoms with E-state index in [4.69, 9.17) is 9.16 Å². The smallest absolute Gasteiger partial charge is 0.303 e. The van der Waals surface area contributed by atoms with Gasteiger partial charge in [0.25, 0.3) is 0 Å². The van der Waals surface area contributed by atoms with Gasteiger partial charge in [-0.15, -0.1) is 0 Å². The minimum absolute atomic E-state index is 0.0201. The molecule has 0 spiro atoms. The second kappa shape index (κ2) is 6.63. The number of aliphatic hydroxyl groups is 1. The van der Waals surface area contributed by atoms with Crippen LogP contribution in [0.25, 0.3) is 0 Å². The third kappa shape index (κ3) is 2.73. The molecule has 0 unspecified atom stereocenters. The Balaban J connectivity index is 1.92. The van der Waals surface area contributed by atoms with Gasteiger partial charge < -0.3 is 14.3 Å². The van der Waals surface area contributed by atoms with Gasteiger partial charge in [0.2, 0.25) is 0 Å². The Morgan fingerprint density at radius 1 is 1.16 bits per heavy atom. The highest BCUT2D eigenvalue weighted by atomic mass is 28.4. The van der Waals surface area contributed by atoms with Crippen LogP contribution >= 0.6 is 0 Å². The Kier molecular flexibility index (Phi) is 4.94. The molecule has 0 aliphatic heterocycles. The number of Topliss-reactive ketones (excluding diaryl/α,β-unsaturated/α-hetero) is 2. The Bertz CT molecular complexity index is 918. The molecule has 32 heavy (non-hydrogen) atoms. The second-order valence-electron chi connectivity index (χ2n) is 12.4. The van der Waals surface area contributed by atoms with E-state index in [1.807, 2.05) is 20.8 Å². The fourth-order valence-electron chi connectivity index (χ4n) is 7.92. The van der Waals surface area contributed by atoms with E-state index in [9.17, 15) is 19.5 Å². The summed E-state index contributed by atoms with van der Waals surface area (Å²) >= 11 is 0. The molecular weight excluding hydrogens is 424 g/mol. The molecule has 0 saturated heterocycles. The highest BCUT2D eigenvalue weighted by Gasteiger charge is 2.87. The average Bonchev–Trinajstić information content (AvgIpc) is 3.05. The van der Waals surface area contributed by atoms with E-state index in [1.54, 1.807) is 6.92 Å². The molecule has 0 aromatic rings. The van der Waals surface area contributed by atoms with Gasteiger partial charge in [-0.1, -0.05) is 39.8 Å². The number of carbonyl (C=O) groups excluding carboxylic acids is 3. The zero-order valence-corrected chi connectivity index (χ0v) is 21.7. The van der Waals surface area contributed by atoms with Crippen molar-refractivity contribution in [2.24, 2.45) is 35.0 Å². The molecule has 6 nitrogen and oxygen atoms in total. The number of hydrogen-bond acceptors (Lipinski definition) is 6. The highest BCUT2D eigenvalue weighted by molar-refractivity contribution is 6.70. The first-order valence-corrected chi connectivity index (χ1v) is 15.2. The molecule has 1 N–H and O–H groups in total. The Hall–Kier alpha value is -1.31. The van der Waals surface area contributed by atoms with E-state index in [0.29, 0.717) is 19.3 Å². The lowest BCUT2D eigenvalue weighted by Gasteiger charge is -2.52. The van der Waals surface area contributed by atoms with Gasteiger partial charge in [0.05, 0.1) is 5.60 Å². The van der Waals surface area contributed by atoms with Crippen LogP contribution in [0.15, 0.2) is 12.2 Å². The van der Waals surface area contributed by atoms with Gasteiger partial charge in [0, 0.05) is 48.3 Å². The maximum absolute atomic E-state index is 13.9. The maximum atomic E-state index is 13.9. The number of esters is 1. The molecule has 0 heterocycles. The summed E-state index contributed by atoms with van der Waals surface area (Å²) in [7, 11) is -2.19. The number of ether oxygens (including phenoxy) is 1. The van der Waals surface area contributed by atoms with E-state index in [-0.39, 0.29) is 29.3 Å². The average molecular weight is 463 g/mol. The molecule has 0 aromatic heterocycles. The first-order valence-electron chi connectivity index (χ1n) is 11.8. The molecule has 178 valence electrons. The quantitative estimate of drug-likeness (QED) is 0.391. The number of ketones is 2. The van der Waals surface area contributed by atoms with Gasteiger partial charge in [-0.05, 0) is 32.5 Å². The number of rotatable bonds is 3. The van der Waals surface area contributed by atoms with Crippen molar-refractivity contribution < 1.29 is 28.7 Å². The van der Waals surface area contributed by atoms with Gasteiger partial charge in [0.1, 0.15) is 5.60 Å². The Morgan fingerprint density at radius 3 is 2.28 bits per heavy atom. The Morgan fingerprint density at radius 2 is 1.75 bits per heavy atom. The van der Waals surface area contributed by atoms with Crippen molar-refractivity contribution >= 4 is 25.9 Å². The molecule has 4 saturated carbocycles. The third-order valence-corrected chi connectivity index (χ3v) is 9.90. The van der Waals surface area contributed by atoms with E-state index in [2.05, 4.69) is 26.2 Å². The molecular formula is C25H38O6Si. The van der Waals surface area contributed by atoms with Crippen LogP contribution in [0.5, 0.6) is 0 Å². The molecule has 4 aliphatic rings. The summed E-state index contributed by atoms with van der Waals surface area (Å²) < 4.78 is 12.4. The number of fused-ring (bicyclic) bond motifs is 5. The van der Waals surface area contributed by atoms with E-state index in [0.717, 1.165) is 5.57 Å². The summed E-state index contributed by atoms with van der Waals surface area (Å²) in [5.74, 6) is -2.91. The summed E-state index contributed by atoms with van der Waals surface area (Å²) in [6.45, 7) is 19.3. The van der Waals surface area contributed by atoms with Crippen molar-refractivity contribution in [2.45, 2.75) is 90.3 Å². The molecule has 0 bridgehead atoms.